The molecule has 1 aliphatic rings. The highest BCUT2D eigenvalue weighted by molar-refractivity contribution is 5.94. The normalized spacial score (nSPS) is 14.4. The lowest BCUT2D eigenvalue weighted by Gasteiger charge is -2.29. The van der Waals surface area contributed by atoms with Crippen molar-refractivity contribution < 1.29 is 4.74 Å². The minimum Gasteiger partial charge on any atom is -0.457 e. The SMILES string of the molecule is c1ccc(Oc2ccc(-c3cccc4cnn(N5CCCCC5)c34)cc2)cc1. The fourth-order valence-electron chi connectivity index (χ4n) is 3.90. The molecule has 0 radical (unpaired) electrons. The van der Waals surface area contributed by atoms with E-state index in [9.17, 15) is 0 Å². The van der Waals surface area contributed by atoms with E-state index in [-0.39, 0.29) is 0 Å². The molecule has 1 saturated heterocycles. The van der Waals surface area contributed by atoms with Crippen LogP contribution >= 0.6 is 0 Å². The molecular weight excluding hydrogens is 346 g/mol. The topological polar surface area (TPSA) is 30.3 Å². The van der Waals surface area contributed by atoms with Crippen LogP contribution < -0.4 is 9.75 Å². The summed E-state index contributed by atoms with van der Waals surface area (Å²) in [5.41, 5.74) is 3.55. The van der Waals surface area contributed by atoms with Gasteiger partial charge in [-0.3, -0.25) is 5.01 Å². The molecule has 0 saturated carbocycles. The van der Waals surface area contributed by atoms with Crippen molar-refractivity contribution in [3.8, 4) is 22.6 Å². The Bertz CT molecular complexity index is 1060. The maximum Gasteiger partial charge on any atom is 0.127 e. The number of rotatable bonds is 4. The summed E-state index contributed by atoms with van der Waals surface area (Å²) < 4.78 is 5.93. The summed E-state index contributed by atoms with van der Waals surface area (Å²) in [6.07, 6.45) is 5.75. The van der Waals surface area contributed by atoms with Crippen LogP contribution in [0.2, 0.25) is 0 Å². The second kappa shape index (κ2) is 7.39. The third-order valence-electron chi connectivity index (χ3n) is 5.32. The van der Waals surface area contributed by atoms with E-state index in [1.165, 1.54) is 41.3 Å². The highest BCUT2D eigenvalue weighted by Gasteiger charge is 2.16. The fourth-order valence-corrected chi connectivity index (χ4v) is 3.90. The second-order valence-corrected chi connectivity index (χ2v) is 7.23. The molecule has 0 N–H and O–H groups in total. The van der Waals surface area contributed by atoms with Crippen LogP contribution in [0.3, 0.4) is 0 Å². The van der Waals surface area contributed by atoms with Crippen molar-refractivity contribution in [1.29, 1.82) is 0 Å². The molecule has 0 bridgehead atoms. The van der Waals surface area contributed by atoms with E-state index in [0.29, 0.717) is 0 Å². The van der Waals surface area contributed by atoms with Gasteiger partial charge in [0.25, 0.3) is 0 Å². The first-order valence-electron chi connectivity index (χ1n) is 9.94. The van der Waals surface area contributed by atoms with Crippen LogP contribution in [0.4, 0.5) is 0 Å². The van der Waals surface area contributed by atoms with Gasteiger partial charge in [-0.05, 0) is 49.1 Å². The van der Waals surface area contributed by atoms with E-state index in [0.717, 1.165) is 24.6 Å². The van der Waals surface area contributed by atoms with Crippen LogP contribution in [0.15, 0.2) is 79.0 Å². The van der Waals surface area contributed by atoms with Crippen molar-refractivity contribution in [2.45, 2.75) is 19.3 Å². The minimum atomic E-state index is 0.840. The average Bonchev–Trinajstić information content (AvgIpc) is 3.20. The first kappa shape index (κ1) is 16.9. The number of piperidine rings is 1. The van der Waals surface area contributed by atoms with Gasteiger partial charge in [-0.15, -0.1) is 0 Å². The zero-order valence-corrected chi connectivity index (χ0v) is 15.8. The van der Waals surface area contributed by atoms with Crippen LogP contribution in [0.1, 0.15) is 19.3 Å². The summed E-state index contributed by atoms with van der Waals surface area (Å²) in [6, 6.07) is 24.6. The number of hydrogen-bond acceptors (Lipinski definition) is 3. The average molecular weight is 369 g/mol. The van der Waals surface area contributed by atoms with Gasteiger partial charge in [0.05, 0.1) is 11.7 Å². The van der Waals surface area contributed by atoms with Gasteiger partial charge in [0.1, 0.15) is 11.5 Å². The lowest BCUT2D eigenvalue weighted by molar-refractivity contribution is 0.458. The van der Waals surface area contributed by atoms with Crippen molar-refractivity contribution >= 4 is 10.9 Å². The van der Waals surface area contributed by atoms with E-state index in [1.54, 1.807) is 0 Å². The van der Waals surface area contributed by atoms with Gasteiger partial charge in [0.2, 0.25) is 0 Å². The predicted octanol–water partition coefficient (Wildman–Crippen LogP) is 5.62. The number of para-hydroxylation sites is 2. The molecule has 0 spiro atoms. The lowest BCUT2D eigenvalue weighted by atomic mass is 10.0. The van der Waals surface area contributed by atoms with Gasteiger partial charge in [-0.2, -0.15) is 9.89 Å². The predicted molar refractivity (Wildman–Crippen MR) is 113 cm³/mol. The number of hydrogen-bond donors (Lipinski definition) is 0. The van der Waals surface area contributed by atoms with Crippen LogP contribution in [0, 0.1) is 0 Å². The van der Waals surface area contributed by atoms with Gasteiger partial charge in [-0.1, -0.05) is 48.5 Å². The van der Waals surface area contributed by atoms with Crippen molar-refractivity contribution in [2.75, 3.05) is 18.1 Å². The summed E-state index contributed by atoms with van der Waals surface area (Å²) in [7, 11) is 0. The molecule has 1 aromatic heterocycles. The monoisotopic (exact) mass is 369 g/mol. The summed E-state index contributed by atoms with van der Waals surface area (Å²) in [5.74, 6) is 1.69. The molecule has 0 atom stereocenters. The molecular formula is C24H23N3O. The number of nitrogens with zero attached hydrogens (tertiary/aromatic N) is 3. The molecule has 1 aliphatic heterocycles. The summed E-state index contributed by atoms with van der Waals surface area (Å²) in [5, 5.41) is 8.23. The second-order valence-electron chi connectivity index (χ2n) is 7.23. The zero-order chi connectivity index (χ0) is 18.8. The molecule has 5 rings (SSSR count). The third kappa shape index (κ3) is 3.22. The summed E-state index contributed by atoms with van der Waals surface area (Å²) in [6.45, 7) is 2.13. The smallest absolute Gasteiger partial charge is 0.127 e. The van der Waals surface area contributed by atoms with E-state index < -0.39 is 0 Å². The molecule has 140 valence electrons. The van der Waals surface area contributed by atoms with Crippen LogP contribution in [0.5, 0.6) is 11.5 Å². The highest BCUT2D eigenvalue weighted by atomic mass is 16.5. The van der Waals surface area contributed by atoms with E-state index in [4.69, 9.17) is 9.84 Å². The van der Waals surface area contributed by atoms with Crippen LogP contribution in [0.25, 0.3) is 22.0 Å². The molecule has 4 heteroatoms. The van der Waals surface area contributed by atoms with E-state index in [1.807, 2.05) is 48.7 Å². The standard InChI is InChI=1S/C24H23N3O/c1-3-9-21(10-4-1)28-22-14-12-19(13-15-22)23-11-7-8-20-18-25-27(24(20)23)26-16-5-2-6-17-26/h1,3-4,7-15,18H,2,5-6,16-17H2. The minimum absolute atomic E-state index is 0.840. The Kier molecular flexibility index (Phi) is 4.45. The Morgan fingerprint density at radius 2 is 1.46 bits per heavy atom. The maximum absolute atomic E-state index is 5.93. The maximum atomic E-state index is 5.93. The molecule has 0 unspecified atom stereocenters. The van der Waals surface area contributed by atoms with Gasteiger partial charge in [0.15, 0.2) is 0 Å². The van der Waals surface area contributed by atoms with Gasteiger partial charge in [-0.25, -0.2) is 0 Å². The molecule has 1 fully saturated rings. The van der Waals surface area contributed by atoms with Crippen molar-refractivity contribution in [3.63, 3.8) is 0 Å². The number of ether oxygens (including phenoxy) is 1. The Balaban J connectivity index is 1.49. The molecule has 3 aromatic carbocycles. The quantitative estimate of drug-likeness (QED) is 0.468. The van der Waals surface area contributed by atoms with E-state index >= 15 is 0 Å². The largest absolute Gasteiger partial charge is 0.457 e. The number of aromatic nitrogens is 2. The number of fused-ring (bicyclic) bond motifs is 1. The molecule has 4 nitrogen and oxygen atoms in total. The van der Waals surface area contributed by atoms with Gasteiger partial charge in [0, 0.05) is 24.0 Å². The van der Waals surface area contributed by atoms with Gasteiger partial charge < -0.3 is 4.74 Å². The van der Waals surface area contributed by atoms with E-state index in [2.05, 4.69) is 40.1 Å². The Hall–Kier alpha value is -3.27. The van der Waals surface area contributed by atoms with Crippen LogP contribution in [-0.4, -0.2) is 23.0 Å². The van der Waals surface area contributed by atoms with Crippen molar-refractivity contribution in [3.05, 3.63) is 79.0 Å². The Morgan fingerprint density at radius 1 is 0.714 bits per heavy atom. The van der Waals surface area contributed by atoms with Crippen molar-refractivity contribution in [2.24, 2.45) is 0 Å². The Labute approximate surface area is 164 Å². The molecule has 0 aliphatic carbocycles. The highest BCUT2D eigenvalue weighted by Crippen LogP contribution is 2.31. The molecule has 0 amide bonds. The van der Waals surface area contributed by atoms with Crippen molar-refractivity contribution in [1.82, 2.24) is 9.89 Å². The lowest BCUT2D eigenvalue weighted by Crippen LogP contribution is -2.39. The third-order valence-corrected chi connectivity index (χ3v) is 5.32. The fraction of sp³-hybridized carbons (Fsp3) is 0.208. The number of benzene rings is 3. The molecule has 2 heterocycles. The first-order chi connectivity index (χ1) is 13.9. The summed E-state index contributed by atoms with van der Waals surface area (Å²) in [4.78, 5) is 2.11. The van der Waals surface area contributed by atoms with Crippen LogP contribution in [-0.2, 0) is 0 Å². The first-order valence-corrected chi connectivity index (χ1v) is 9.94. The Morgan fingerprint density at radius 3 is 2.25 bits per heavy atom. The zero-order valence-electron chi connectivity index (χ0n) is 15.8. The molecule has 4 aromatic rings. The molecule has 28 heavy (non-hydrogen) atoms. The van der Waals surface area contributed by atoms with Gasteiger partial charge >= 0.3 is 0 Å². The summed E-state index contributed by atoms with van der Waals surface area (Å²) >= 11 is 0.